The number of halogens is 1. The lowest BCUT2D eigenvalue weighted by Gasteiger charge is -2.25. The van der Waals surface area contributed by atoms with Gasteiger partial charge in [0, 0.05) is 12.6 Å². The maximum absolute atomic E-state index is 11.6. The van der Waals surface area contributed by atoms with Gasteiger partial charge < -0.3 is 4.90 Å². The summed E-state index contributed by atoms with van der Waals surface area (Å²) in [6.07, 6.45) is 0.232. The molecule has 1 N–H and O–H groups in total. The summed E-state index contributed by atoms with van der Waals surface area (Å²) >= 11 is 5.53. The number of carbonyl (C=O) groups is 2. The first-order valence-electron chi connectivity index (χ1n) is 5.02. The molecule has 0 aliphatic heterocycles. The van der Waals surface area contributed by atoms with Gasteiger partial charge in [0.15, 0.2) is 0 Å². The molecule has 0 saturated carbocycles. The summed E-state index contributed by atoms with van der Waals surface area (Å²) in [6, 6.07) is 1.36. The van der Waals surface area contributed by atoms with E-state index in [0.29, 0.717) is 6.54 Å². The Hall–Kier alpha value is -1.28. The molecule has 5 nitrogen and oxygen atoms in total. The van der Waals surface area contributed by atoms with Crippen LogP contribution < -0.4 is 5.32 Å². The van der Waals surface area contributed by atoms with E-state index in [-0.39, 0.29) is 12.5 Å². The van der Waals surface area contributed by atoms with Crippen molar-refractivity contribution < 1.29 is 9.59 Å². The smallest absolute Gasteiger partial charge is 0.321 e. The van der Waals surface area contributed by atoms with Crippen molar-refractivity contribution in [1.29, 1.82) is 5.26 Å². The van der Waals surface area contributed by atoms with Crippen LogP contribution in [-0.2, 0) is 4.79 Å². The second kappa shape index (κ2) is 7.07. The molecular weight excluding hydrogens is 230 g/mol. The molecule has 1 atom stereocenters. The van der Waals surface area contributed by atoms with E-state index < -0.39 is 17.3 Å². The topological polar surface area (TPSA) is 73.2 Å². The summed E-state index contributed by atoms with van der Waals surface area (Å²) < 4.78 is 0. The highest BCUT2D eigenvalue weighted by atomic mass is 35.5. The summed E-state index contributed by atoms with van der Waals surface area (Å²) in [5, 5.41) is 9.87. The zero-order valence-corrected chi connectivity index (χ0v) is 10.4. The van der Waals surface area contributed by atoms with Crippen LogP contribution in [0, 0.1) is 11.3 Å². The molecule has 0 saturated heterocycles. The largest absolute Gasteiger partial charge is 0.324 e. The quantitative estimate of drug-likeness (QED) is 0.763. The molecule has 0 bridgehead atoms. The van der Waals surface area contributed by atoms with Crippen molar-refractivity contribution in [3.8, 4) is 6.07 Å². The summed E-state index contributed by atoms with van der Waals surface area (Å²) in [5.74, 6) is -0.533. The van der Waals surface area contributed by atoms with Gasteiger partial charge in [0.05, 0.1) is 12.5 Å². The standard InChI is InChI=1S/C10H16ClN3O2/c1-7(2)14(6-4-5-12)10(16)13-9(15)8(3)11/h7-8H,4,6H2,1-3H3,(H,13,15,16). The van der Waals surface area contributed by atoms with Crippen molar-refractivity contribution in [2.45, 2.75) is 38.6 Å². The summed E-state index contributed by atoms with van der Waals surface area (Å²) in [7, 11) is 0. The minimum atomic E-state index is -0.756. The molecule has 16 heavy (non-hydrogen) atoms. The number of alkyl halides is 1. The molecule has 0 radical (unpaired) electrons. The molecule has 0 aromatic carbocycles. The summed E-state index contributed by atoms with van der Waals surface area (Å²) in [5.41, 5.74) is 0. The molecular formula is C10H16ClN3O2. The van der Waals surface area contributed by atoms with E-state index in [1.54, 1.807) is 0 Å². The molecule has 0 heterocycles. The van der Waals surface area contributed by atoms with E-state index in [2.05, 4.69) is 5.32 Å². The first-order valence-corrected chi connectivity index (χ1v) is 5.46. The minimum absolute atomic E-state index is 0.0771. The Morgan fingerprint density at radius 1 is 1.44 bits per heavy atom. The maximum Gasteiger partial charge on any atom is 0.324 e. The average Bonchev–Trinajstić information content (AvgIpc) is 2.17. The number of hydrogen-bond acceptors (Lipinski definition) is 3. The molecule has 1 unspecified atom stereocenters. The average molecular weight is 246 g/mol. The number of amides is 3. The number of nitriles is 1. The number of carbonyl (C=O) groups excluding carboxylic acids is 2. The summed E-state index contributed by atoms with van der Waals surface area (Å²) in [4.78, 5) is 24.2. The maximum atomic E-state index is 11.6. The number of nitrogens with zero attached hydrogens (tertiary/aromatic N) is 2. The highest BCUT2D eigenvalue weighted by Gasteiger charge is 2.20. The predicted octanol–water partition coefficient (Wildman–Crippen LogP) is 1.47. The van der Waals surface area contributed by atoms with E-state index in [0.717, 1.165) is 0 Å². The number of urea groups is 1. The number of rotatable bonds is 4. The van der Waals surface area contributed by atoms with Gasteiger partial charge in [0.2, 0.25) is 5.91 Å². The van der Waals surface area contributed by atoms with Crippen LogP contribution in [0.2, 0.25) is 0 Å². The van der Waals surface area contributed by atoms with E-state index in [1.807, 2.05) is 19.9 Å². The van der Waals surface area contributed by atoms with Gasteiger partial charge in [-0.3, -0.25) is 10.1 Å². The molecule has 0 fully saturated rings. The molecule has 6 heteroatoms. The Morgan fingerprint density at radius 2 is 2.00 bits per heavy atom. The van der Waals surface area contributed by atoms with Gasteiger partial charge in [0.1, 0.15) is 5.38 Å². The SMILES string of the molecule is CC(Cl)C(=O)NC(=O)N(CCC#N)C(C)C. The minimum Gasteiger partial charge on any atom is -0.321 e. The predicted molar refractivity (Wildman–Crippen MR) is 60.9 cm³/mol. The van der Waals surface area contributed by atoms with Gasteiger partial charge in [0.25, 0.3) is 0 Å². The lowest BCUT2D eigenvalue weighted by molar-refractivity contribution is -0.119. The number of nitrogens with one attached hydrogen (secondary N) is 1. The van der Waals surface area contributed by atoms with Gasteiger partial charge in [-0.25, -0.2) is 4.79 Å². The Bertz CT molecular complexity index is 297. The Kier molecular flexibility index (Phi) is 6.50. The van der Waals surface area contributed by atoms with Crippen molar-refractivity contribution in [3.63, 3.8) is 0 Å². The molecule has 0 spiro atoms. The van der Waals surface area contributed by atoms with Crippen molar-refractivity contribution in [2.75, 3.05) is 6.54 Å². The van der Waals surface area contributed by atoms with Crippen LogP contribution in [-0.4, -0.2) is 34.8 Å². The van der Waals surface area contributed by atoms with Gasteiger partial charge in [-0.15, -0.1) is 11.6 Å². The van der Waals surface area contributed by atoms with Crippen LogP contribution in [0.25, 0.3) is 0 Å². The van der Waals surface area contributed by atoms with Crippen molar-refractivity contribution in [3.05, 3.63) is 0 Å². The Labute approximate surface area is 100 Å². The molecule has 0 aliphatic carbocycles. The van der Waals surface area contributed by atoms with Gasteiger partial charge in [-0.2, -0.15) is 5.26 Å². The highest BCUT2D eigenvalue weighted by Crippen LogP contribution is 2.01. The van der Waals surface area contributed by atoms with Crippen LogP contribution >= 0.6 is 11.6 Å². The second-order valence-corrected chi connectivity index (χ2v) is 4.26. The normalized spacial score (nSPS) is 11.8. The fourth-order valence-electron chi connectivity index (χ4n) is 1.04. The number of hydrogen-bond donors (Lipinski definition) is 1. The molecule has 0 aliphatic rings. The van der Waals surface area contributed by atoms with Crippen LogP contribution in [0.5, 0.6) is 0 Å². The third-order valence-electron chi connectivity index (χ3n) is 1.94. The van der Waals surface area contributed by atoms with Crippen LogP contribution in [0.15, 0.2) is 0 Å². The molecule has 3 amide bonds. The molecule has 0 aromatic rings. The third-order valence-corrected chi connectivity index (χ3v) is 2.14. The first kappa shape index (κ1) is 14.7. The van der Waals surface area contributed by atoms with Crippen LogP contribution in [0.1, 0.15) is 27.2 Å². The van der Waals surface area contributed by atoms with Crippen molar-refractivity contribution >= 4 is 23.5 Å². The van der Waals surface area contributed by atoms with E-state index in [1.165, 1.54) is 11.8 Å². The van der Waals surface area contributed by atoms with E-state index in [4.69, 9.17) is 16.9 Å². The van der Waals surface area contributed by atoms with Crippen molar-refractivity contribution in [1.82, 2.24) is 10.2 Å². The molecule has 0 rings (SSSR count). The zero-order chi connectivity index (χ0) is 12.7. The Morgan fingerprint density at radius 3 is 2.38 bits per heavy atom. The van der Waals surface area contributed by atoms with E-state index >= 15 is 0 Å². The molecule has 90 valence electrons. The highest BCUT2D eigenvalue weighted by molar-refractivity contribution is 6.31. The fourth-order valence-corrected chi connectivity index (χ4v) is 1.10. The Balaban J connectivity index is 4.40. The zero-order valence-electron chi connectivity index (χ0n) is 9.66. The van der Waals surface area contributed by atoms with Gasteiger partial charge >= 0.3 is 6.03 Å². The van der Waals surface area contributed by atoms with Gasteiger partial charge in [-0.05, 0) is 20.8 Å². The second-order valence-electron chi connectivity index (χ2n) is 3.61. The number of imide groups is 1. The third kappa shape index (κ3) is 4.99. The lowest BCUT2D eigenvalue weighted by atomic mass is 10.3. The van der Waals surface area contributed by atoms with Crippen LogP contribution in [0.4, 0.5) is 4.79 Å². The summed E-state index contributed by atoms with van der Waals surface area (Å²) in [6.45, 7) is 5.40. The van der Waals surface area contributed by atoms with Gasteiger partial charge in [-0.1, -0.05) is 0 Å². The van der Waals surface area contributed by atoms with E-state index in [9.17, 15) is 9.59 Å². The first-order chi connectivity index (χ1) is 7.40. The molecule has 0 aromatic heterocycles. The lowest BCUT2D eigenvalue weighted by Crippen LogP contribution is -2.48. The van der Waals surface area contributed by atoms with Crippen molar-refractivity contribution in [2.24, 2.45) is 0 Å². The van der Waals surface area contributed by atoms with Crippen LogP contribution in [0.3, 0.4) is 0 Å². The fraction of sp³-hybridized carbons (Fsp3) is 0.700. The monoisotopic (exact) mass is 245 g/mol.